The van der Waals surface area contributed by atoms with Crippen LogP contribution in [0.15, 0.2) is 30.3 Å². The number of esters is 4. The number of hydrogen-bond donors (Lipinski definition) is 2. The molecule has 1 aromatic rings. The van der Waals surface area contributed by atoms with Gasteiger partial charge in [-0.2, -0.15) is 0 Å². The van der Waals surface area contributed by atoms with E-state index in [-0.39, 0.29) is 12.3 Å². The highest BCUT2D eigenvalue weighted by Gasteiger charge is 2.53. The summed E-state index contributed by atoms with van der Waals surface area (Å²) >= 11 is 0. The van der Waals surface area contributed by atoms with Gasteiger partial charge in [-0.15, -0.1) is 0 Å². The lowest BCUT2D eigenvalue weighted by molar-refractivity contribution is -0.318. The Morgan fingerprint density at radius 1 is 0.690 bits per heavy atom. The van der Waals surface area contributed by atoms with Crippen LogP contribution in [0.1, 0.15) is 66.2 Å². The Labute approximate surface area is 243 Å². The third-order valence-electron chi connectivity index (χ3n) is 5.85. The van der Waals surface area contributed by atoms with Gasteiger partial charge in [-0.05, 0) is 25.0 Å². The third kappa shape index (κ3) is 12.6. The number of carbonyl (C=O) groups excluding carboxylic acids is 6. The van der Waals surface area contributed by atoms with Crippen molar-refractivity contribution in [2.45, 2.75) is 96.9 Å². The van der Waals surface area contributed by atoms with Gasteiger partial charge in [-0.25, -0.2) is 10.3 Å². The molecule has 1 aliphatic rings. The Balaban J connectivity index is 1.92. The highest BCUT2D eigenvalue weighted by Crippen LogP contribution is 2.29. The molecule has 0 radical (unpaired) electrons. The molecule has 0 unspecified atom stereocenters. The van der Waals surface area contributed by atoms with Crippen molar-refractivity contribution in [1.29, 1.82) is 0 Å². The van der Waals surface area contributed by atoms with Crippen LogP contribution in [0.5, 0.6) is 0 Å². The number of para-hydroxylation sites is 1. The minimum atomic E-state index is -1.52. The van der Waals surface area contributed by atoms with E-state index in [1.807, 2.05) is 18.2 Å². The molecule has 0 aliphatic carbocycles. The van der Waals surface area contributed by atoms with Gasteiger partial charge in [0.15, 0.2) is 18.3 Å². The molecule has 0 bridgehead atoms. The van der Waals surface area contributed by atoms with E-state index in [2.05, 4.69) is 10.8 Å². The van der Waals surface area contributed by atoms with Crippen molar-refractivity contribution in [2.75, 3.05) is 11.9 Å². The molecule has 1 saturated heterocycles. The van der Waals surface area contributed by atoms with Gasteiger partial charge in [0, 0.05) is 46.2 Å². The number of rotatable bonds is 15. The largest absolute Gasteiger partial charge is 0.463 e. The van der Waals surface area contributed by atoms with E-state index < -0.39 is 67.1 Å². The lowest BCUT2D eigenvalue weighted by Crippen LogP contribution is -2.63. The topological polar surface area (TPSA) is 182 Å². The Bertz CT molecular complexity index is 1080. The van der Waals surface area contributed by atoms with Crippen LogP contribution in [0.2, 0.25) is 0 Å². The van der Waals surface area contributed by atoms with Gasteiger partial charge in [0.05, 0.1) is 0 Å². The number of unbranched alkanes of at least 4 members (excludes halogenated alkanes) is 3. The quantitative estimate of drug-likeness (QED) is 0.131. The molecule has 0 spiro atoms. The molecule has 2 rings (SSSR count). The summed E-state index contributed by atoms with van der Waals surface area (Å²) in [6.07, 6.45) is -3.89. The molecular weight excluding hydrogens is 556 g/mol. The predicted octanol–water partition coefficient (Wildman–Crippen LogP) is 2.10. The van der Waals surface area contributed by atoms with Crippen molar-refractivity contribution < 1.29 is 57.3 Å². The monoisotopic (exact) mass is 594 g/mol. The molecular formula is C28H38N2O12. The van der Waals surface area contributed by atoms with Crippen LogP contribution in [0.3, 0.4) is 0 Å². The second-order valence-electron chi connectivity index (χ2n) is 9.54. The number of hydrogen-bond acceptors (Lipinski definition) is 12. The molecule has 2 N–H and O–H groups in total. The Hall–Kier alpha value is -4.04. The van der Waals surface area contributed by atoms with Crippen molar-refractivity contribution in [3.8, 4) is 0 Å². The molecule has 232 valence electrons. The first kappa shape index (κ1) is 34.2. The van der Waals surface area contributed by atoms with E-state index in [9.17, 15) is 28.8 Å². The molecule has 1 fully saturated rings. The lowest BCUT2D eigenvalue weighted by atomic mass is 9.98. The fourth-order valence-electron chi connectivity index (χ4n) is 4.13. The Kier molecular flexibility index (Phi) is 14.4. The molecule has 1 heterocycles. The first-order valence-electron chi connectivity index (χ1n) is 13.6. The molecule has 0 aromatic heterocycles. The van der Waals surface area contributed by atoms with E-state index >= 15 is 0 Å². The minimum Gasteiger partial charge on any atom is -0.463 e. The molecule has 14 heteroatoms. The maximum Gasteiger partial charge on any atom is 0.303 e. The normalized spacial score (nSPS) is 21.4. The third-order valence-corrected chi connectivity index (χ3v) is 5.85. The van der Waals surface area contributed by atoms with Crippen LogP contribution in [-0.2, 0) is 57.3 Å². The molecule has 2 amide bonds. The number of anilines is 1. The van der Waals surface area contributed by atoms with E-state index in [1.54, 1.807) is 12.1 Å². The zero-order valence-electron chi connectivity index (χ0n) is 24.1. The zero-order valence-corrected chi connectivity index (χ0v) is 24.1. The van der Waals surface area contributed by atoms with Crippen molar-refractivity contribution >= 4 is 41.4 Å². The SMILES string of the molecule is CC(=O)OC[C@H]1O[C@H](ONC(=O)CCCCCCC(=O)Nc2ccccc2)[C@@H](OC(C)=O)[C@@H](OC(C)=O)[C@@H]1OC(C)=O. The summed E-state index contributed by atoms with van der Waals surface area (Å²) in [6.45, 7) is 4.03. The summed E-state index contributed by atoms with van der Waals surface area (Å²) in [6, 6.07) is 9.14. The zero-order chi connectivity index (χ0) is 31.1. The van der Waals surface area contributed by atoms with Gasteiger partial charge in [0.2, 0.25) is 18.1 Å². The molecule has 14 nitrogen and oxygen atoms in total. The second-order valence-corrected chi connectivity index (χ2v) is 9.54. The van der Waals surface area contributed by atoms with Crippen LogP contribution in [0, 0.1) is 0 Å². The number of carbonyl (C=O) groups is 6. The average Bonchev–Trinajstić information content (AvgIpc) is 2.91. The molecule has 0 saturated carbocycles. The number of amides is 2. The van der Waals surface area contributed by atoms with E-state index in [0.717, 1.165) is 39.8 Å². The van der Waals surface area contributed by atoms with Gasteiger partial charge < -0.3 is 29.0 Å². The van der Waals surface area contributed by atoms with Gasteiger partial charge in [0.1, 0.15) is 12.7 Å². The van der Waals surface area contributed by atoms with Crippen molar-refractivity contribution in [3.05, 3.63) is 30.3 Å². The van der Waals surface area contributed by atoms with E-state index in [4.69, 9.17) is 28.5 Å². The van der Waals surface area contributed by atoms with Gasteiger partial charge >= 0.3 is 23.9 Å². The number of ether oxygens (including phenoxy) is 5. The first-order valence-corrected chi connectivity index (χ1v) is 13.6. The Morgan fingerprint density at radius 3 is 1.81 bits per heavy atom. The van der Waals surface area contributed by atoms with Crippen molar-refractivity contribution in [1.82, 2.24) is 5.48 Å². The number of nitrogens with one attached hydrogen (secondary N) is 2. The predicted molar refractivity (Wildman–Crippen MR) is 144 cm³/mol. The summed E-state index contributed by atoms with van der Waals surface area (Å²) in [5.41, 5.74) is 2.96. The highest BCUT2D eigenvalue weighted by molar-refractivity contribution is 5.90. The van der Waals surface area contributed by atoms with Gasteiger partial charge in [-0.3, -0.25) is 28.8 Å². The van der Waals surface area contributed by atoms with Gasteiger partial charge in [-0.1, -0.05) is 31.0 Å². The van der Waals surface area contributed by atoms with Crippen LogP contribution in [0.4, 0.5) is 5.69 Å². The highest BCUT2D eigenvalue weighted by atomic mass is 16.8. The van der Waals surface area contributed by atoms with Crippen LogP contribution in [-0.4, -0.2) is 73.0 Å². The summed E-state index contributed by atoms with van der Waals surface area (Å²) in [5, 5.41) is 2.82. The summed E-state index contributed by atoms with van der Waals surface area (Å²) in [5.74, 6) is -3.60. The average molecular weight is 595 g/mol. The standard InChI is InChI=1S/C28H38N2O12/c1-17(31)37-16-22-25(38-18(2)32)26(39-19(3)33)27(40-20(4)34)28(41-22)42-30-24(36)15-11-6-5-10-14-23(35)29-21-12-8-7-9-13-21/h7-9,12-13,22,25-28H,5-6,10-11,14-16H2,1-4H3,(H,29,35)(H,30,36)/t22-,25-,26+,27+,28-/m1/s1. The first-order chi connectivity index (χ1) is 20.0. The maximum absolute atomic E-state index is 12.4. The van der Waals surface area contributed by atoms with Crippen LogP contribution >= 0.6 is 0 Å². The molecule has 42 heavy (non-hydrogen) atoms. The van der Waals surface area contributed by atoms with Crippen molar-refractivity contribution in [2.24, 2.45) is 0 Å². The van der Waals surface area contributed by atoms with Crippen LogP contribution < -0.4 is 10.8 Å². The van der Waals surface area contributed by atoms with Gasteiger partial charge in [0.25, 0.3) is 0 Å². The van der Waals surface area contributed by atoms with Crippen molar-refractivity contribution in [3.63, 3.8) is 0 Å². The number of hydroxylamine groups is 1. The summed E-state index contributed by atoms with van der Waals surface area (Å²) < 4.78 is 26.6. The molecule has 1 aromatic carbocycles. The van der Waals surface area contributed by atoms with E-state index in [1.165, 1.54) is 0 Å². The number of benzene rings is 1. The fourth-order valence-corrected chi connectivity index (χ4v) is 4.13. The Morgan fingerprint density at radius 2 is 1.24 bits per heavy atom. The maximum atomic E-state index is 12.4. The fraction of sp³-hybridized carbons (Fsp3) is 0.571. The summed E-state index contributed by atoms with van der Waals surface area (Å²) in [4.78, 5) is 76.8. The van der Waals surface area contributed by atoms with E-state index in [0.29, 0.717) is 25.7 Å². The lowest BCUT2D eigenvalue weighted by Gasteiger charge is -2.43. The molecule has 5 atom stereocenters. The minimum absolute atomic E-state index is 0.0848. The second kappa shape index (κ2) is 17.7. The smallest absolute Gasteiger partial charge is 0.303 e. The molecule has 1 aliphatic heterocycles. The van der Waals surface area contributed by atoms with Crippen LogP contribution in [0.25, 0.3) is 0 Å². The summed E-state index contributed by atoms with van der Waals surface area (Å²) in [7, 11) is 0.